The number of ether oxygens (including phenoxy) is 1. The molecule has 5 heteroatoms. The smallest absolute Gasteiger partial charge is 0.410 e. The molecule has 1 fully saturated rings. The number of carbonyl (C=O) groups excluding carboxylic acids is 1. The molecule has 0 aliphatic heterocycles. The van der Waals surface area contributed by atoms with Gasteiger partial charge in [0, 0.05) is 44.1 Å². The summed E-state index contributed by atoms with van der Waals surface area (Å²) in [4.78, 5) is 14.2. The molecule has 1 heterocycles. The van der Waals surface area contributed by atoms with E-state index in [1.807, 2.05) is 25.7 Å². The molecule has 1 saturated carbocycles. The van der Waals surface area contributed by atoms with Gasteiger partial charge in [0.1, 0.15) is 5.60 Å². The van der Waals surface area contributed by atoms with E-state index < -0.39 is 5.60 Å². The molecule has 2 rings (SSSR count). The molecule has 1 aromatic heterocycles. The van der Waals surface area contributed by atoms with Gasteiger partial charge in [0.15, 0.2) is 0 Å². The normalized spacial score (nSPS) is 14.9. The number of aromatic nitrogens is 1. The fourth-order valence-electron chi connectivity index (χ4n) is 2.66. The molecule has 1 aliphatic rings. The summed E-state index contributed by atoms with van der Waals surface area (Å²) < 4.78 is 7.71. The van der Waals surface area contributed by atoms with Crippen LogP contribution in [0.3, 0.4) is 0 Å². The summed E-state index contributed by atoms with van der Waals surface area (Å²) in [6, 6.07) is 2.59. The zero-order valence-electron chi connectivity index (χ0n) is 15.4. The van der Waals surface area contributed by atoms with Gasteiger partial charge < -0.3 is 19.5 Å². The largest absolute Gasteiger partial charge is 0.444 e. The van der Waals surface area contributed by atoms with Crippen molar-refractivity contribution in [3.05, 3.63) is 23.0 Å². The van der Waals surface area contributed by atoms with Gasteiger partial charge >= 0.3 is 6.09 Å². The van der Waals surface area contributed by atoms with E-state index in [2.05, 4.69) is 36.8 Å². The molecule has 1 N–H and O–H groups in total. The Kier molecular flexibility index (Phi) is 5.40. The van der Waals surface area contributed by atoms with Gasteiger partial charge in [-0.05, 0) is 59.1 Å². The van der Waals surface area contributed by atoms with Gasteiger partial charge in [0.25, 0.3) is 0 Å². The summed E-state index contributed by atoms with van der Waals surface area (Å²) in [7, 11) is 2.09. The van der Waals surface area contributed by atoms with Crippen LogP contribution in [0, 0.1) is 13.8 Å². The second-order valence-electron chi connectivity index (χ2n) is 7.54. The quantitative estimate of drug-likeness (QED) is 0.819. The summed E-state index contributed by atoms with van der Waals surface area (Å²) in [5.74, 6) is 0. The Labute approximate surface area is 140 Å². The average Bonchev–Trinajstić information content (AvgIpc) is 3.22. The van der Waals surface area contributed by atoms with Gasteiger partial charge in [0.2, 0.25) is 0 Å². The fourth-order valence-corrected chi connectivity index (χ4v) is 2.66. The summed E-state index contributed by atoms with van der Waals surface area (Å²) >= 11 is 0. The summed E-state index contributed by atoms with van der Waals surface area (Å²) in [6.45, 7) is 12.3. The Morgan fingerprint density at radius 2 is 2.04 bits per heavy atom. The van der Waals surface area contributed by atoms with Crippen LogP contribution in [0.25, 0.3) is 0 Å². The third-order valence-corrected chi connectivity index (χ3v) is 4.34. The number of hydrogen-bond acceptors (Lipinski definition) is 3. The zero-order chi connectivity index (χ0) is 17.2. The highest BCUT2D eigenvalue weighted by atomic mass is 16.6. The van der Waals surface area contributed by atoms with E-state index in [1.165, 1.54) is 17.0 Å². The first-order valence-corrected chi connectivity index (χ1v) is 8.51. The van der Waals surface area contributed by atoms with Crippen LogP contribution < -0.4 is 5.32 Å². The lowest BCUT2D eigenvalue weighted by Crippen LogP contribution is -2.41. The van der Waals surface area contributed by atoms with Crippen molar-refractivity contribution in [3.63, 3.8) is 0 Å². The van der Waals surface area contributed by atoms with Crippen molar-refractivity contribution in [2.24, 2.45) is 7.05 Å². The number of carbonyl (C=O) groups is 1. The number of aryl methyl sites for hydroxylation is 1. The third-order valence-electron chi connectivity index (χ3n) is 4.34. The zero-order valence-corrected chi connectivity index (χ0v) is 15.4. The Morgan fingerprint density at radius 1 is 1.39 bits per heavy atom. The Morgan fingerprint density at radius 3 is 2.52 bits per heavy atom. The first-order valence-electron chi connectivity index (χ1n) is 8.51. The van der Waals surface area contributed by atoms with Crippen molar-refractivity contribution < 1.29 is 9.53 Å². The van der Waals surface area contributed by atoms with Crippen LogP contribution in [0.5, 0.6) is 0 Å². The van der Waals surface area contributed by atoms with Gasteiger partial charge in [0.05, 0.1) is 0 Å². The molecule has 1 aromatic rings. The minimum Gasteiger partial charge on any atom is -0.444 e. The van der Waals surface area contributed by atoms with Crippen molar-refractivity contribution in [3.8, 4) is 0 Å². The number of nitrogens with zero attached hydrogens (tertiary/aromatic N) is 2. The first kappa shape index (κ1) is 17.9. The van der Waals surface area contributed by atoms with Crippen LogP contribution >= 0.6 is 0 Å². The second kappa shape index (κ2) is 6.95. The van der Waals surface area contributed by atoms with Crippen LogP contribution in [0.4, 0.5) is 4.79 Å². The molecule has 0 spiro atoms. The van der Waals surface area contributed by atoms with Gasteiger partial charge in [-0.25, -0.2) is 4.79 Å². The molecule has 0 saturated heterocycles. The van der Waals surface area contributed by atoms with E-state index in [4.69, 9.17) is 4.74 Å². The minimum absolute atomic E-state index is 0.187. The first-order chi connectivity index (χ1) is 10.7. The maximum Gasteiger partial charge on any atom is 0.410 e. The predicted octanol–water partition coefficient (Wildman–Crippen LogP) is 3.13. The summed E-state index contributed by atoms with van der Waals surface area (Å²) in [5, 5.41) is 3.45. The Bertz CT molecular complexity index is 553. The van der Waals surface area contributed by atoms with E-state index in [1.54, 1.807) is 0 Å². The van der Waals surface area contributed by atoms with Crippen LogP contribution in [0.2, 0.25) is 0 Å². The molecular weight excluding hydrogens is 290 g/mol. The second-order valence-corrected chi connectivity index (χ2v) is 7.54. The van der Waals surface area contributed by atoms with Gasteiger partial charge in [-0.3, -0.25) is 0 Å². The number of rotatable bonds is 6. The predicted molar refractivity (Wildman–Crippen MR) is 92.6 cm³/mol. The molecule has 130 valence electrons. The molecule has 0 radical (unpaired) electrons. The highest BCUT2D eigenvalue weighted by Crippen LogP contribution is 2.28. The van der Waals surface area contributed by atoms with E-state index in [0.29, 0.717) is 12.6 Å². The van der Waals surface area contributed by atoms with Crippen LogP contribution in [-0.4, -0.2) is 40.3 Å². The Balaban J connectivity index is 1.81. The van der Waals surface area contributed by atoms with Crippen LogP contribution in [-0.2, 0) is 18.3 Å². The molecule has 1 aliphatic carbocycles. The molecular formula is C18H31N3O2. The van der Waals surface area contributed by atoms with Crippen molar-refractivity contribution in [1.29, 1.82) is 0 Å². The molecule has 23 heavy (non-hydrogen) atoms. The van der Waals surface area contributed by atoms with Gasteiger partial charge in [-0.2, -0.15) is 0 Å². The highest BCUT2D eigenvalue weighted by Gasteiger charge is 2.34. The third kappa shape index (κ3) is 4.99. The maximum atomic E-state index is 12.3. The van der Waals surface area contributed by atoms with Crippen molar-refractivity contribution in [1.82, 2.24) is 14.8 Å². The lowest BCUT2D eigenvalue weighted by Gasteiger charge is -2.27. The topological polar surface area (TPSA) is 46.5 Å². The molecule has 0 bridgehead atoms. The van der Waals surface area contributed by atoms with Crippen molar-refractivity contribution in [2.45, 2.75) is 65.6 Å². The molecule has 0 unspecified atom stereocenters. The molecule has 5 nitrogen and oxygen atoms in total. The highest BCUT2D eigenvalue weighted by molar-refractivity contribution is 5.69. The monoisotopic (exact) mass is 321 g/mol. The maximum absolute atomic E-state index is 12.3. The molecule has 1 amide bonds. The fraction of sp³-hybridized carbons (Fsp3) is 0.722. The van der Waals surface area contributed by atoms with Crippen molar-refractivity contribution in [2.75, 3.05) is 13.1 Å². The molecule has 0 atom stereocenters. The van der Waals surface area contributed by atoms with E-state index in [9.17, 15) is 4.79 Å². The number of hydrogen-bond donors (Lipinski definition) is 1. The minimum atomic E-state index is -0.434. The Hall–Kier alpha value is -1.49. The summed E-state index contributed by atoms with van der Waals surface area (Å²) in [6.07, 6.45) is 2.00. The SMILES string of the molecule is Cc1cc(CNCCN(C(=O)OC(C)(C)C)C2CC2)c(C)n1C. The van der Waals surface area contributed by atoms with E-state index in [-0.39, 0.29) is 6.09 Å². The van der Waals surface area contributed by atoms with Crippen molar-refractivity contribution >= 4 is 6.09 Å². The lowest BCUT2D eigenvalue weighted by atomic mass is 10.2. The average molecular weight is 321 g/mol. The van der Waals surface area contributed by atoms with E-state index >= 15 is 0 Å². The van der Waals surface area contributed by atoms with Crippen LogP contribution in [0.15, 0.2) is 6.07 Å². The van der Waals surface area contributed by atoms with Crippen LogP contribution in [0.1, 0.15) is 50.6 Å². The number of nitrogens with one attached hydrogen (secondary N) is 1. The van der Waals surface area contributed by atoms with E-state index in [0.717, 1.165) is 25.9 Å². The standard InChI is InChI=1S/C18H31N3O2/c1-13-11-15(14(2)20(13)6)12-19-9-10-21(16-7-8-16)17(22)23-18(3,4)5/h11,16,19H,7-10,12H2,1-6H3. The van der Waals surface area contributed by atoms with Gasteiger partial charge in [-0.15, -0.1) is 0 Å². The van der Waals surface area contributed by atoms with Gasteiger partial charge in [-0.1, -0.05) is 0 Å². The number of amides is 1. The molecule has 0 aromatic carbocycles. The summed E-state index contributed by atoms with van der Waals surface area (Å²) in [5.41, 5.74) is 3.45. The lowest BCUT2D eigenvalue weighted by molar-refractivity contribution is 0.0236.